The van der Waals surface area contributed by atoms with E-state index in [9.17, 15) is 4.39 Å². The van der Waals surface area contributed by atoms with Gasteiger partial charge in [-0.1, -0.05) is 66.7 Å². The van der Waals surface area contributed by atoms with Crippen LogP contribution in [0.4, 0.5) is 10.1 Å². The van der Waals surface area contributed by atoms with Gasteiger partial charge >= 0.3 is 0 Å². The molecule has 0 spiro atoms. The summed E-state index contributed by atoms with van der Waals surface area (Å²) < 4.78 is 15.5. The number of halogens is 2. The van der Waals surface area contributed by atoms with Crippen molar-refractivity contribution in [2.45, 2.75) is 6.54 Å². The largest absolute Gasteiger partial charge is 0.312 e. The fraction of sp³-hybridized carbons (Fsp3) is 0.0385. The van der Waals surface area contributed by atoms with Crippen LogP contribution in [0.15, 0.2) is 107 Å². The minimum atomic E-state index is -0.255. The highest BCUT2D eigenvalue weighted by Gasteiger charge is 2.10. The highest BCUT2D eigenvalue weighted by Crippen LogP contribution is 2.26. The Morgan fingerprint density at radius 2 is 1.48 bits per heavy atom. The van der Waals surface area contributed by atoms with Crippen LogP contribution in [-0.2, 0) is 6.54 Å². The van der Waals surface area contributed by atoms with Crippen LogP contribution in [0.3, 0.4) is 0 Å². The lowest BCUT2D eigenvalue weighted by molar-refractivity contribution is 0.628. The first-order chi connectivity index (χ1) is 14.8. The number of hydrogen-bond acceptors (Lipinski definition) is 2. The quantitative estimate of drug-likeness (QED) is 0.250. The Kier molecular flexibility index (Phi) is 6.44. The molecule has 0 unspecified atom stereocenters. The Morgan fingerprint density at radius 1 is 0.774 bits per heavy atom. The minimum absolute atomic E-state index is 0. The SMILES string of the molecule is Br.Fc1ccc(N=c2scc(-c3ccc4ccccc4c3)n2Cc2ccccc2)cc1. The van der Waals surface area contributed by atoms with Gasteiger partial charge in [-0.25, -0.2) is 9.38 Å². The Balaban J connectivity index is 0.00000231. The van der Waals surface area contributed by atoms with E-state index in [4.69, 9.17) is 4.99 Å². The monoisotopic (exact) mass is 490 g/mol. The van der Waals surface area contributed by atoms with Crippen LogP contribution < -0.4 is 4.80 Å². The molecule has 5 heteroatoms. The van der Waals surface area contributed by atoms with Gasteiger partial charge in [-0.3, -0.25) is 0 Å². The minimum Gasteiger partial charge on any atom is -0.312 e. The van der Waals surface area contributed by atoms with E-state index in [1.54, 1.807) is 23.5 Å². The van der Waals surface area contributed by atoms with Crippen LogP contribution in [0.25, 0.3) is 22.0 Å². The zero-order valence-electron chi connectivity index (χ0n) is 16.6. The van der Waals surface area contributed by atoms with Crippen LogP contribution in [0.5, 0.6) is 0 Å². The molecule has 0 N–H and O–H groups in total. The molecular formula is C26H20BrFN2S. The molecule has 0 bridgehead atoms. The molecule has 0 saturated carbocycles. The van der Waals surface area contributed by atoms with E-state index in [-0.39, 0.29) is 22.8 Å². The van der Waals surface area contributed by atoms with Crippen molar-refractivity contribution in [3.05, 3.63) is 119 Å². The predicted octanol–water partition coefficient (Wildman–Crippen LogP) is 7.37. The fourth-order valence-corrected chi connectivity index (χ4v) is 4.47. The Morgan fingerprint density at radius 3 is 2.26 bits per heavy atom. The number of hydrogen-bond donors (Lipinski definition) is 0. The summed E-state index contributed by atoms with van der Waals surface area (Å²) in [6, 6.07) is 31.6. The smallest absolute Gasteiger partial charge is 0.190 e. The molecule has 31 heavy (non-hydrogen) atoms. The molecule has 0 aliphatic carbocycles. The van der Waals surface area contributed by atoms with Crippen LogP contribution >= 0.6 is 28.3 Å². The normalized spacial score (nSPS) is 11.5. The number of thiazole rings is 1. The third kappa shape index (κ3) is 4.68. The maximum Gasteiger partial charge on any atom is 0.190 e. The third-order valence-electron chi connectivity index (χ3n) is 5.08. The molecule has 0 amide bonds. The van der Waals surface area contributed by atoms with Crippen LogP contribution in [0.2, 0.25) is 0 Å². The molecule has 5 aromatic rings. The van der Waals surface area contributed by atoms with Crippen molar-refractivity contribution in [3.63, 3.8) is 0 Å². The molecule has 154 valence electrons. The molecule has 0 aliphatic heterocycles. The molecule has 4 aromatic carbocycles. The van der Waals surface area contributed by atoms with Crippen molar-refractivity contribution in [1.29, 1.82) is 0 Å². The van der Waals surface area contributed by atoms with Gasteiger partial charge in [-0.05, 0) is 52.2 Å². The summed E-state index contributed by atoms with van der Waals surface area (Å²) in [5.74, 6) is -0.255. The van der Waals surface area contributed by atoms with E-state index < -0.39 is 0 Å². The van der Waals surface area contributed by atoms with Crippen molar-refractivity contribution >= 4 is 44.8 Å². The predicted molar refractivity (Wildman–Crippen MR) is 133 cm³/mol. The summed E-state index contributed by atoms with van der Waals surface area (Å²) in [7, 11) is 0. The number of fused-ring (bicyclic) bond motifs is 1. The van der Waals surface area contributed by atoms with Gasteiger partial charge in [0.25, 0.3) is 0 Å². The number of nitrogens with zero attached hydrogens (tertiary/aromatic N) is 2. The summed E-state index contributed by atoms with van der Waals surface area (Å²) in [6.45, 7) is 0.715. The molecule has 0 saturated heterocycles. The summed E-state index contributed by atoms with van der Waals surface area (Å²) in [5, 5.41) is 4.59. The average Bonchev–Trinajstić information content (AvgIpc) is 3.17. The average molecular weight is 491 g/mol. The Hall–Kier alpha value is -3.02. The van der Waals surface area contributed by atoms with Gasteiger partial charge in [-0.15, -0.1) is 28.3 Å². The lowest BCUT2D eigenvalue weighted by Crippen LogP contribution is -2.16. The summed E-state index contributed by atoms with van der Waals surface area (Å²) in [6.07, 6.45) is 0. The molecule has 0 atom stereocenters. The molecule has 1 heterocycles. The summed E-state index contributed by atoms with van der Waals surface area (Å²) >= 11 is 1.60. The standard InChI is InChI=1S/C26H19FN2S.BrH/c27-23-12-14-24(15-13-23)28-26-29(17-19-6-2-1-3-7-19)25(18-30-26)22-11-10-20-8-4-5-9-21(20)16-22;/h1-16,18H,17H2;1H. The van der Waals surface area contributed by atoms with Crippen LogP contribution in [0.1, 0.15) is 5.56 Å². The van der Waals surface area contributed by atoms with Gasteiger partial charge in [0.2, 0.25) is 0 Å². The lowest BCUT2D eigenvalue weighted by Gasteiger charge is -2.10. The summed E-state index contributed by atoms with van der Waals surface area (Å²) in [4.78, 5) is 5.68. The van der Waals surface area contributed by atoms with E-state index in [0.29, 0.717) is 6.54 Å². The first-order valence-electron chi connectivity index (χ1n) is 9.78. The molecule has 0 fully saturated rings. The first-order valence-corrected chi connectivity index (χ1v) is 10.7. The second-order valence-corrected chi connectivity index (χ2v) is 7.96. The molecule has 5 rings (SSSR count). The Labute approximate surface area is 194 Å². The third-order valence-corrected chi connectivity index (χ3v) is 5.94. The molecular weight excluding hydrogens is 471 g/mol. The second-order valence-electron chi connectivity index (χ2n) is 7.13. The molecule has 1 aromatic heterocycles. The molecule has 0 radical (unpaired) electrons. The van der Waals surface area contributed by atoms with Crippen LogP contribution in [0, 0.1) is 5.82 Å². The number of rotatable bonds is 4. The Bertz CT molecular complexity index is 1370. The van der Waals surface area contributed by atoms with E-state index >= 15 is 0 Å². The van der Waals surface area contributed by atoms with Gasteiger partial charge in [-0.2, -0.15) is 0 Å². The highest BCUT2D eigenvalue weighted by atomic mass is 79.9. The first kappa shape index (κ1) is 21.2. The van der Waals surface area contributed by atoms with Crippen LogP contribution in [-0.4, -0.2) is 4.57 Å². The van der Waals surface area contributed by atoms with E-state index in [1.165, 1.54) is 28.5 Å². The van der Waals surface area contributed by atoms with Gasteiger partial charge in [0, 0.05) is 5.38 Å². The zero-order valence-corrected chi connectivity index (χ0v) is 19.1. The maximum atomic E-state index is 13.3. The molecule has 0 aliphatic rings. The van der Waals surface area contributed by atoms with E-state index in [0.717, 1.165) is 21.7 Å². The summed E-state index contributed by atoms with van der Waals surface area (Å²) in [5.41, 5.74) is 4.22. The van der Waals surface area contributed by atoms with Crippen molar-refractivity contribution in [2.75, 3.05) is 0 Å². The fourth-order valence-electron chi connectivity index (χ4n) is 3.54. The van der Waals surface area contributed by atoms with Crippen molar-refractivity contribution < 1.29 is 4.39 Å². The van der Waals surface area contributed by atoms with Gasteiger partial charge < -0.3 is 4.57 Å². The topological polar surface area (TPSA) is 17.3 Å². The number of benzene rings is 4. The van der Waals surface area contributed by atoms with E-state index in [2.05, 4.69) is 76.7 Å². The van der Waals surface area contributed by atoms with Gasteiger partial charge in [0.1, 0.15) is 5.82 Å². The zero-order chi connectivity index (χ0) is 20.3. The van der Waals surface area contributed by atoms with Crippen molar-refractivity contribution in [1.82, 2.24) is 4.57 Å². The van der Waals surface area contributed by atoms with Gasteiger partial charge in [0.05, 0.1) is 17.9 Å². The van der Waals surface area contributed by atoms with Gasteiger partial charge in [0.15, 0.2) is 4.80 Å². The van der Waals surface area contributed by atoms with E-state index in [1.807, 2.05) is 6.07 Å². The maximum absolute atomic E-state index is 13.3. The molecule has 2 nitrogen and oxygen atoms in total. The number of aromatic nitrogens is 1. The van der Waals surface area contributed by atoms with Crippen molar-refractivity contribution in [3.8, 4) is 11.3 Å². The highest BCUT2D eigenvalue weighted by molar-refractivity contribution is 8.93. The van der Waals surface area contributed by atoms with Crippen molar-refractivity contribution in [2.24, 2.45) is 4.99 Å². The lowest BCUT2D eigenvalue weighted by atomic mass is 10.1. The second kappa shape index (κ2) is 9.41.